The van der Waals surface area contributed by atoms with Crippen molar-refractivity contribution in [1.29, 1.82) is 0 Å². The maximum Gasteiger partial charge on any atom is 0.336 e. The minimum Gasteiger partial charge on any atom is -0.493 e. The highest BCUT2D eigenvalue weighted by atomic mass is 16.5. The summed E-state index contributed by atoms with van der Waals surface area (Å²) >= 11 is 0. The van der Waals surface area contributed by atoms with E-state index in [-0.39, 0.29) is 24.9 Å². The number of methoxy groups -OCH3 is 2. The molecule has 23 heavy (non-hydrogen) atoms. The molecule has 6 heteroatoms. The van der Waals surface area contributed by atoms with E-state index in [1.165, 1.54) is 0 Å². The summed E-state index contributed by atoms with van der Waals surface area (Å²) in [5.74, 6) is 0.231. The Kier molecular flexibility index (Phi) is 5.26. The van der Waals surface area contributed by atoms with Gasteiger partial charge in [-0.15, -0.1) is 0 Å². The number of hydrogen-bond acceptors (Lipinski definition) is 5. The number of allylic oxidation sites excluding steroid dienone is 1. The normalized spacial score (nSPS) is 17.6. The summed E-state index contributed by atoms with van der Waals surface area (Å²) in [4.78, 5) is 24.2. The van der Waals surface area contributed by atoms with Gasteiger partial charge in [0.25, 0.3) is 0 Å². The van der Waals surface area contributed by atoms with Crippen molar-refractivity contribution in [2.45, 2.75) is 26.2 Å². The zero-order valence-corrected chi connectivity index (χ0v) is 13.8. The van der Waals surface area contributed by atoms with E-state index in [1.54, 1.807) is 40.2 Å². The average Bonchev–Trinajstić information content (AvgIpc) is 2.53. The Hall–Kier alpha value is -2.50. The molecular formula is C17H21NO5. The van der Waals surface area contributed by atoms with E-state index in [0.29, 0.717) is 22.8 Å². The second-order valence-electron chi connectivity index (χ2n) is 5.18. The van der Waals surface area contributed by atoms with Crippen LogP contribution in [0.25, 0.3) is 0 Å². The molecule has 2 rings (SSSR count). The van der Waals surface area contributed by atoms with Crippen LogP contribution < -0.4 is 14.8 Å². The van der Waals surface area contributed by atoms with Gasteiger partial charge in [-0.05, 0) is 31.5 Å². The summed E-state index contributed by atoms with van der Waals surface area (Å²) in [5, 5.41) is 2.70. The molecule has 1 aromatic carbocycles. The first-order valence-electron chi connectivity index (χ1n) is 7.41. The van der Waals surface area contributed by atoms with E-state index in [0.717, 1.165) is 5.56 Å². The fourth-order valence-corrected chi connectivity index (χ4v) is 2.73. The number of rotatable bonds is 5. The molecule has 0 saturated carbocycles. The van der Waals surface area contributed by atoms with Gasteiger partial charge in [-0.2, -0.15) is 0 Å². The van der Waals surface area contributed by atoms with Crippen molar-refractivity contribution in [3.63, 3.8) is 0 Å². The van der Waals surface area contributed by atoms with E-state index < -0.39 is 5.97 Å². The summed E-state index contributed by atoms with van der Waals surface area (Å²) in [6.07, 6.45) is 0.182. The molecule has 1 amide bonds. The molecule has 1 heterocycles. The van der Waals surface area contributed by atoms with Gasteiger partial charge in [0.05, 0.1) is 26.4 Å². The molecule has 0 aliphatic carbocycles. The van der Waals surface area contributed by atoms with Crippen LogP contribution in [0.5, 0.6) is 11.5 Å². The molecule has 0 aromatic heterocycles. The van der Waals surface area contributed by atoms with E-state index in [1.807, 2.05) is 6.07 Å². The summed E-state index contributed by atoms with van der Waals surface area (Å²) in [6, 6.07) is 5.38. The third kappa shape index (κ3) is 3.47. The second kappa shape index (κ2) is 7.17. The van der Waals surface area contributed by atoms with Crippen LogP contribution in [0.3, 0.4) is 0 Å². The number of hydrogen-bond donors (Lipinski definition) is 1. The van der Waals surface area contributed by atoms with Crippen LogP contribution in [-0.2, 0) is 14.3 Å². The molecular weight excluding hydrogens is 298 g/mol. The van der Waals surface area contributed by atoms with Crippen LogP contribution in [0.4, 0.5) is 0 Å². The van der Waals surface area contributed by atoms with Gasteiger partial charge >= 0.3 is 5.97 Å². The molecule has 0 saturated heterocycles. The molecule has 0 spiro atoms. The number of carbonyl (C=O) groups excluding carboxylic acids is 2. The quantitative estimate of drug-likeness (QED) is 0.842. The molecule has 124 valence electrons. The average molecular weight is 319 g/mol. The van der Waals surface area contributed by atoms with Gasteiger partial charge in [0.1, 0.15) is 0 Å². The third-order valence-electron chi connectivity index (χ3n) is 3.77. The molecule has 0 fully saturated rings. The van der Waals surface area contributed by atoms with Crippen molar-refractivity contribution in [2.24, 2.45) is 0 Å². The Labute approximate surface area is 135 Å². The van der Waals surface area contributed by atoms with Gasteiger partial charge in [0.2, 0.25) is 5.91 Å². The number of benzene rings is 1. The van der Waals surface area contributed by atoms with E-state index in [9.17, 15) is 9.59 Å². The largest absolute Gasteiger partial charge is 0.493 e. The summed E-state index contributed by atoms with van der Waals surface area (Å²) in [6.45, 7) is 3.74. The van der Waals surface area contributed by atoms with E-state index in [2.05, 4.69) is 5.32 Å². The topological polar surface area (TPSA) is 73.9 Å². The fraction of sp³-hybridized carbons (Fsp3) is 0.412. The number of amides is 1. The van der Waals surface area contributed by atoms with Crippen molar-refractivity contribution in [2.75, 3.05) is 20.8 Å². The Balaban J connectivity index is 2.47. The summed E-state index contributed by atoms with van der Waals surface area (Å²) in [7, 11) is 3.10. The lowest BCUT2D eigenvalue weighted by Gasteiger charge is -2.27. The molecule has 1 atom stereocenters. The minimum absolute atomic E-state index is 0.129. The Morgan fingerprint density at radius 1 is 1.26 bits per heavy atom. The van der Waals surface area contributed by atoms with Crippen LogP contribution in [0.15, 0.2) is 29.5 Å². The third-order valence-corrected chi connectivity index (χ3v) is 3.77. The van der Waals surface area contributed by atoms with Crippen LogP contribution in [0.1, 0.15) is 31.7 Å². The first kappa shape index (κ1) is 16.9. The highest BCUT2D eigenvalue weighted by molar-refractivity contribution is 5.95. The fourth-order valence-electron chi connectivity index (χ4n) is 2.73. The summed E-state index contributed by atoms with van der Waals surface area (Å²) < 4.78 is 15.7. The van der Waals surface area contributed by atoms with Crippen molar-refractivity contribution in [3.8, 4) is 11.5 Å². The Morgan fingerprint density at radius 2 is 1.96 bits per heavy atom. The lowest BCUT2D eigenvalue weighted by atomic mass is 9.84. The van der Waals surface area contributed by atoms with Crippen LogP contribution in [-0.4, -0.2) is 32.7 Å². The second-order valence-corrected chi connectivity index (χ2v) is 5.18. The van der Waals surface area contributed by atoms with Gasteiger partial charge in [-0.25, -0.2) is 4.79 Å². The first-order valence-corrected chi connectivity index (χ1v) is 7.41. The molecule has 1 N–H and O–H groups in total. The van der Waals surface area contributed by atoms with Crippen molar-refractivity contribution in [1.82, 2.24) is 5.32 Å². The summed E-state index contributed by atoms with van der Waals surface area (Å²) in [5.41, 5.74) is 1.80. The number of carbonyl (C=O) groups is 2. The molecule has 1 aliphatic rings. The van der Waals surface area contributed by atoms with Crippen molar-refractivity contribution >= 4 is 11.9 Å². The molecule has 1 aromatic rings. The van der Waals surface area contributed by atoms with Gasteiger partial charge in [0, 0.05) is 18.0 Å². The number of ether oxygens (including phenoxy) is 3. The highest BCUT2D eigenvalue weighted by Crippen LogP contribution is 2.37. The van der Waals surface area contributed by atoms with Gasteiger partial charge in [0.15, 0.2) is 11.5 Å². The Bertz CT molecular complexity index is 650. The predicted octanol–water partition coefficient (Wildman–Crippen LogP) is 2.14. The zero-order chi connectivity index (χ0) is 17.0. The Morgan fingerprint density at radius 3 is 2.57 bits per heavy atom. The lowest BCUT2D eigenvalue weighted by molar-refractivity contribution is -0.139. The smallest absolute Gasteiger partial charge is 0.336 e. The standard InChI is InChI=1S/C17H21NO5/c1-5-23-17(20)16-10(2)18-15(19)9-12(16)11-6-7-13(21-3)14(8-11)22-4/h6-8,12H,5,9H2,1-4H3,(H,18,19). The predicted molar refractivity (Wildman–Crippen MR) is 84.4 cm³/mol. The highest BCUT2D eigenvalue weighted by Gasteiger charge is 2.33. The van der Waals surface area contributed by atoms with Gasteiger partial charge < -0.3 is 19.5 Å². The number of nitrogens with one attached hydrogen (secondary N) is 1. The maximum absolute atomic E-state index is 12.3. The van der Waals surface area contributed by atoms with Crippen molar-refractivity contribution in [3.05, 3.63) is 35.0 Å². The molecule has 0 radical (unpaired) electrons. The molecule has 1 aliphatic heterocycles. The van der Waals surface area contributed by atoms with Crippen LogP contribution >= 0.6 is 0 Å². The van der Waals surface area contributed by atoms with Crippen molar-refractivity contribution < 1.29 is 23.8 Å². The minimum atomic E-state index is -0.412. The molecule has 6 nitrogen and oxygen atoms in total. The SMILES string of the molecule is CCOC(=O)C1=C(C)NC(=O)CC1c1ccc(OC)c(OC)c1. The van der Waals surface area contributed by atoms with Crippen LogP contribution in [0.2, 0.25) is 0 Å². The van der Waals surface area contributed by atoms with Gasteiger partial charge in [-0.3, -0.25) is 4.79 Å². The molecule has 1 unspecified atom stereocenters. The maximum atomic E-state index is 12.3. The van der Waals surface area contributed by atoms with E-state index in [4.69, 9.17) is 14.2 Å². The van der Waals surface area contributed by atoms with Crippen LogP contribution in [0, 0.1) is 0 Å². The molecule has 0 bridgehead atoms. The zero-order valence-electron chi connectivity index (χ0n) is 13.8. The lowest BCUT2D eigenvalue weighted by Crippen LogP contribution is -2.34. The number of esters is 1. The van der Waals surface area contributed by atoms with Gasteiger partial charge in [-0.1, -0.05) is 6.07 Å². The van der Waals surface area contributed by atoms with E-state index >= 15 is 0 Å². The first-order chi connectivity index (χ1) is 11.0. The monoisotopic (exact) mass is 319 g/mol.